The molecule has 0 spiro atoms. The van der Waals surface area contributed by atoms with Crippen LogP contribution < -0.4 is 14.4 Å². The molecule has 0 bridgehead atoms. The van der Waals surface area contributed by atoms with Gasteiger partial charge in [-0.05, 0) is 108 Å². The predicted molar refractivity (Wildman–Crippen MR) is 243 cm³/mol. The Morgan fingerprint density at radius 2 is 0.948 bits per heavy atom. The van der Waals surface area contributed by atoms with E-state index in [1.54, 1.807) is 0 Å². The standard InChI is InChI=1S/C54H37NO2S/c1-3-13-40(14-4-1)55(41-15-5-2-6-16-41)42-28-23-36(24-29-42)38-25-30-45-46-31-26-39(37-27-32-54-48(33-37)47-19-9-12-22-53(47)58-54)35-52(46)57-50-21-11-8-18-44(50)43-17-7-10-20-49(43)56-51(45)34-38/h1-15,17-35,41H,16H2. The van der Waals surface area contributed by atoms with Gasteiger partial charge < -0.3 is 14.4 Å². The zero-order valence-corrected chi connectivity index (χ0v) is 32.4. The third kappa shape index (κ3) is 6.15. The summed E-state index contributed by atoms with van der Waals surface area (Å²) < 4.78 is 16.6. The van der Waals surface area contributed by atoms with E-state index in [1.807, 2.05) is 35.6 Å². The van der Waals surface area contributed by atoms with Crippen LogP contribution in [0.1, 0.15) is 6.42 Å². The minimum Gasteiger partial charge on any atom is -0.456 e. The summed E-state index contributed by atoms with van der Waals surface area (Å²) >= 11 is 1.84. The van der Waals surface area contributed by atoms with E-state index >= 15 is 0 Å². The van der Waals surface area contributed by atoms with Gasteiger partial charge in [-0.1, -0.05) is 127 Å². The van der Waals surface area contributed by atoms with E-state index in [4.69, 9.17) is 9.47 Å². The van der Waals surface area contributed by atoms with Crippen molar-refractivity contribution < 1.29 is 9.47 Å². The van der Waals surface area contributed by atoms with E-state index in [2.05, 4.69) is 187 Å². The van der Waals surface area contributed by atoms with E-state index in [0.29, 0.717) is 0 Å². The first-order valence-electron chi connectivity index (χ1n) is 19.8. The molecule has 0 N–H and O–H groups in total. The molecule has 4 heteroatoms. The number of benzene rings is 8. The smallest absolute Gasteiger partial charge is 0.136 e. The van der Waals surface area contributed by atoms with Crippen molar-refractivity contribution in [2.75, 3.05) is 4.90 Å². The van der Waals surface area contributed by atoms with Gasteiger partial charge in [0, 0.05) is 53.8 Å². The maximum atomic E-state index is 7.01. The average Bonchev–Trinajstić information content (AvgIpc) is 3.66. The number of thiophene rings is 1. The van der Waals surface area contributed by atoms with Crippen LogP contribution in [0.3, 0.4) is 0 Å². The van der Waals surface area contributed by atoms with Crippen LogP contribution in [0.5, 0.6) is 23.0 Å². The maximum Gasteiger partial charge on any atom is 0.136 e. The van der Waals surface area contributed by atoms with Crippen LogP contribution in [-0.4, -0.2) is 6.04 Å². The lowest BCUT2D eigenvalue weighted by molar-refractivity contribution is 0.472. The zero-order chi connectivity index (χ0) is 38.4. The maximum absolute atomic E-state index is 7.01. The fourth-order valence-electron chi connectivity index (χ4n) is 8.41. The summed E-state index contributed by atoms with van der Waals surface area (Å²) in [5, 5.41) is 2.56. The summed E-state index contributed by atoms with van der Waals surface area (Å²) in [6.07, 6.45) is 9.75. The third-order valence-corrected chi connectivity index (χ3v) is 12.4. The number of anilines is 2. The van der Waals surface area contributed by atoms with Crippen molar-refractivity contribution in [3.8, 4) is 67.5 Å². The molecule has 3 nitrogen and oxygen atoms in total. The van der Waals surface area contributed by atoms with Crippen LogP contribution >= 0.6 is 11.3 Å². The van der Waals surface area contributed by atoms with Gasteiger partial charge in [-0.3, -0.25) is 0 Å². The summed E-state index contributed by atoms with van der Waals surface area (Å²) in [6.45, 7) is 0. The predicted octanol–water partition coefficient (Wildman–Crippen LogP) is 15.6. The molecule has 58 heavy (non-hydrogen) atoms. The molecule has 1 aliphatic heterocycles. The molecule has 276 valence electrons. The zero-order valence-electron chi connectivity index (χ0n) is 31.6. The second kappa shape index (κ2) is 14.4. The molecular formula is C54H37NO2S. The molecule has 2 heterocycles. The molecule has 8 aromatic carbocycles. The van der Waals surface area contributed by atoms with Crippen molar-refractivity contribution in [1.82, 2.24) is 0 Å². The Kier molecular flexibility index (Phi) is 8.49. The molecule has 1 unspecified atom stereocenters. The Bertz CT molecular complexity index is 3050. The van der Waals surface area contributed by atoms with Gasteiger partial charge in [0.15, 0.2) is 0 Å². The average molecular weight is 764 g/mol. The lowest BCUT2D eigenvalue weighted by Crippen LogP contribution is -2.29. The second-order valence-corrected chi connectivity index (χ2v) is 15.9. The number of rotatable bonds is 5. The SMILES string of the molecule is C1=CCC(N(c2ccccc2)c2ccc(-c3ccc4c(c3)Oc3ccccc3-c3ccccc3Oc3cc(-c5ccc6sc7ccccc7c6c5)ccc3-4)cc2)C=C1. The minimum atomic E-state index is 0.238. The van der Waals surface area contributed by atoms with Crippen molar-refractivity contribution in [2.45, 2.75) is 12.5 Å². The third-order valence-electron chi connectivity index (χ3n) is 11.3. The molecule has 1 aliphatic carbocycles. The highest BCUT2D eigenvalue weighted by Crippen LogP contribution is 2.49. The Balaban J connectivity index is 1.03. The first-order valence-corrected chi connectivity index (χ1v) is 20.6. The summed E-state index contributed by atoms with van der Waals surface area (Å²) in [5.41, 5.74) is 10.6. The number of nitrogens with zero attached hydrogens (tertiary/aromatic N) is 1. The molecular weight excluding hydrogens is 727 g/mol. The van der Waals surface area contributed by atoms with Gasteiger partial charge in [0.1, 0.15) is 23.0 Å². The van der Waals surface area contributed by atoms with Crippen molar-refractivity contribution in [1.29, 1.82) is 0 Å². The lowest BCUT2D eigenvalue weighted by atomic mass is 9.95. The van der Waals surface area contributed by atoms with E-state index in [-0.39, 0.29) is 6.04 Å². The summed E-state index contributed by atoms with van der Waals surface area (Å²) in [6, 6.07) is 64.8. The molecule has 0 saturated carbocycles. The molecule has 1 atom stereocenters. The van der Waals surface area contributed by atoms with Crippen LogP contribution in [0, 0.1) is 0 Å². The first kappa shape index (κ1) is 34.1. The molecule has 11 rings (SSSR count). The molecule has 0 saturated heterocycles. The fraction of sp³-hybridized carbons (Fsp3) is 0.0370. The molecule has 0 radical (unpaired) electrons. The second-order valence-electron chi connectivity index (χ2n) is 14.8. The largest absolute Gasteiger partial charge is 0.456 e. The summed E-state index contributed by atoms with van der Waals surface area (Å²) in [5.74, 6) is 3.09. The van der Waals surface area contributed by atoms with Gasteiger partial charge in [-0.25, -0.2) is 0 Å². The van der Waals surface area contributed by atoms with Crippen molar-refractivity contribution in [2.24, 2.45) is 0 Å². The number of fused-ring (bicyclic) bond motifs is 9. The molecule has 2 aliphatic rings. The van der Waals surface area contributed by atoms with Crippen molar-refractivity contribution in [3.63, 3.8) is 0 Å². The van der Waals surface area contributed by atoms with E-state index in [1.165, 1.54) is 25.9 Å². The molecule has 0 fully saturated rings. The van der Waals surface area contributed by atoms with Crippen molar-refractivity contribution >= 4 is 42.9 Å². The monoisotopic (exact) mass is 763 g/mol. The quantitative estimate of drug-likeness (QED) is 0.174. The van der Waals surface area contributed by atoms with Crippen LogP contribution in [0.2, 0.25) is 0 Å². The normalized spacial score (nSPS) is 14.1. The fourth-order valence-corrected chi connectivity index (χ4v) is 9.50. The number of hydrogen-bond acceptors (Lipinski definition) is 4. The number of allylic oxidation sites excluding steroid dienone is 2. The Hall–Kier alpha value is -7.14. The summed E-state index contributed by atoms with van der Waals surface area (Å²) in [4.78, 5) is 2.42. The van der Waals surface area contributed by atoms with Crippen LogP contribution in [0.4, 0.5) is 11.4 Å². The Labute approximate surface area is 342 Å². The topological polar surface area (TPSA) is 21.7 Å². The molecule has 1 aromatic heterocycles. The van der Waals surface area contributed by atoms with Crippen LogP contribution in [-0.2, 0) is 0 Å². The van der Waals surface area contributed by atoms with Gasteiger partial charge >= 0.3 is 0 Å². The summed E-state index contributed by atoms with van der Waals surface area (Å²) in [7, 11) is 0. The number of ether oxygens (including phenoxy) is 2. The van der Waals surface area contributed by atoms with Gasteiger partial charge in [0.05, 0.1) is 6.04 Å². The number of para-hydroxylation sites is 3. The van der Waals surface area contributed by atoms with Gasteiger partial charge in [-0.15, -0.1) is 11.3 Å². The van der Waals surface area contributed by atoms with E-state index < -0.39 is 0 Å². The van der Waals surface area contributed by atoms with Crippen molar-refractivity contribution in [3.05, 3.63) is 206 Å². The Morgan fingerprint density at radius 3 is 1.64 bits per heavy atom. The van der Waals surface area contributed by atoms with E-state index in [0.717, 1.165) is 79.6 Å². The molecule has 9 aromatic rings. The van der Waals surface area contributed by atoms with Crippen LogP contribution in [0.15, 0.2) is 206 Å². The van der Waals surface area contributed by atoms with Gasteiger partial charge in [-0.2, -0.15) is 0 Å². The first-order chi connectivity index (χ1) is 28.7. The number of hydrogen-bond donors (Lipinski definition) is 0. The van der Waals surface area contributed by atoms with E-state index in [9.17, 15) is 0 Å². The molecule has 0 amide bonds. The lowest BCUT2D eigenvalue weighted by Gasteiger charge is -2.32. The van der Waals surface area contributed by atoms with Crippen LogP contribution in [0.25, 0.3) is 64.7 Å². The minimum absolute atomic E-state index is 0.238. The highest BCUT2D eigenvalue weighted by Gasteiger charge is 2.23. The van der Waals surface area contributed by atoms with Gasteiger partial charge in [0.2, 0.25) is 0 Å². The van der Waals surface area contributed by atoms with Gasteiger partial charge in [0.25, 0.3) is 0 Å². The Morgan fingerprint density at radius 1 is 0.414 bits per heavy atom. The highest BCUT2D eigenvalue weighted by molar-refractivity contribution is 7.25. The highest BCUT2D eigenvalue weighted by atomic mass is 32.1.